The van der Waals surface area contributed by atoms with Crippen molar-refractivity contribution in [2.45, 2.75) is 46.1 Å². The Morgan fingerprint density at radius 1 is 1.28 bits per heavy atom. The number of hydrogen-bond donors (Lipinski definition) is 1. The first-order valence-corrected chi connectivity index (χ1v) is 7.57. The number of hydrogen-bond acceptors (Lipinski definition) is 1. The van der Waals surface area contributed by atoms with Crippen LogP contribution in [0.1, 0.15) is 51.6 Å². The minimum Gasteiger partial charge on any atom is -0.310 e. The third-order valence-electron chi connectivity index (χ3n) is 3.23. The van der Waals surface area contributed by atoms with Crippen molar-refractivity contribution in [1.29, 1.82) is 0 Å². The van der Waals surface area contributed by atoms with Crippen molar-refractivity contribution in [3.63, 3.8) is 0 Å². The quantitative estimate of drug-likeness (QED) is 0.741. The Labute approximate surface area is 118 Å². The highest BCUT2D eigenvalue weighted by Gasteiger charge is 2.18. The fraction of sp³-hybridized carbons (Fsp3) is 0.600. The average Bonchev–Trinajstić information content (AvgIpc) is 2.34. The first-order valence-electron chi connectivity index (χ1n) is 6.78. The van der Waals surface area contributed by atoms with Crippen molar-refractivity contribution in [3.05, 3.63) is 34.1 Å². The standard InChI is InChI=1S/C15H23BrFN/c1-4-6-11(3)15(18-9-5-2)12-7-8-14(17)13(16)10-12/h7-8,10-11,15,18H,4-6,9H2,1-3H3. The minimum atomic E-state index is -0.198. The molecule has 0 aliphatic carbocycles. The van der Waals surface area contributed by atoms with Gasteiger partial charge in [-0.3, -0.25) is 0 Å². The van der Waals surface area contributed by atoms with Gasteiger partial charge in [-0.25, -0.2) is 4.39 Å². The largest absolute Gasteiger partial charge is 0.310 e. The number of rotatable bonds is 7. The zero-order valence-electron chi connectivity index (χ0n) is 11.5. The number of nitrogens with one attached hydrogen (secondary N) is 1. The van der Waals surface area contributed by atoms with E-state index in [2.05, 4.69) is 42.0 Å². The van der Waals surface area contributed by atoms with Gasteiger partial charge in [0, 0.05) is 6.04 Å². The Hall–Kier alpha value is -0.410. The van der Waals surface area contributed by atoms with E-state index in [9.17, 15) is 4.39 Å². The van der Waals surface area contributed by atoms with Crippen LogP contribution in [0.5, 0.6) is 0 Å². The lowest BCUT2D eigenvalue weighted by Crippen LogP contribution is -2.27. The minimum absolute atomic E-state index is 0.198. The molecule has 0 spiro atoms. The van der Waals surface area contributed by atoms with E-state index in [0.29, 0.717) is 16.4 Å². The summed E-state index contributed by atoms with van der Waals surface area (Å²) in [4.78, 5) is 0. The van der Waals surface area contributed by atoms with E-state index < -0.39 is 0 Å². The van der Waals surface area contributed by atoms with Gasteiger partial charge >= 0.3 is 0 Å². The summed E-state index contributed by atoms with van der Waals surface area (Å²) in [6.45, 7) is 7.62. The first-order chi connectivity index (χ1) is 8.60. The molecule has 1 N–H and O–H groups in total. The fourth-order valence-corrected chi connectivity index (χ4v) is 2.67. The Kier molecular flexibility index (Phi) is 6.87. The predicted molar refractivity (Wildman–Crippen MR) is 79.2 cm³/mol. The monoisotopic (exact) mass is 315 g/mol. The molecule has 0 aromatic heterocycles. The molecular weight excluding hydrogens is 293 g/mol. The van der Waals surface area contributed by atoms with Gasteiger partial charge in [-0.1, -0.05) is 33.3 Å². The molecule has 0 saturated heterocycles. The lowest BCUT2D eigenvalue weighted by Gasteiger charge is -2.25. The summed E-state index contributed by atoms with van der Waals surface area (Å²) in [5.74, 6) is 0.357. The molecular formula is C15H23BrFN. The number of halogens is 2. The molecule has 0 bridgehead atoms. The van der Waals surface area contributed by atoms with E-state index in [1.54, 1.807) is 6.07 Å². The molecule has 0 amide bonds. The molecule has 2 unspecified atom stereocenters. The normalized spacial score (nSPS) is 14.5. The van der Waals surface area contributed by atoms with E-state index in [1.165, 1.54) is 12.8 Å². The maximum absolute atomic E-state index is 13.3. The van der Waals surface area contributed by atoms with Crippen molar-refractivity contribution in [2.24, 2.45) is 5.92 Å². The van der Waals surface area contributed by atoms with Crippen LogP contribution in [0.3, 0.4) is 0 Å². The highest BCUT2D eigenvalue weighted by atomic mass is 79.9. The summed E-state index contributed by atoms with van der Waals surface area (Å²) in [5, 5.41) is 3.57. The van der Waals surface area contributed by atoms with Gasteiger partial charge in [0.15, 0.2) is 0 Å². The van der Waals surface area contributed by atoms with Crippen LogP contribution in [0, 0.1) is 11.7 Å². The molecule has 1 aromatic rings. The van der Waals surface area contributed by atoms with Crippen molar-refractivity contribution in [1.82, 2.24) is 5.32 Å². The second-order valence-electron chi connectivity index (χ2n) is 4.87. The lowest BCUT2D eigenvalue weighted by molar-refractivity contribution is 0.363. The summed E-state index contributed by atoms with van der Waals surface area (Å²) in [6, 6.07) is 5.63. The van der Waals surface area contributed by atoms with Gasteiger partial charge in [0.2, 0.25) is 0 Å². The molecule has 0 radical (unpaired) electrons. The van der Waals surface area contributed by atoms with E-state index >= 15 is 0 Å². The molecule has 3 heteroatoms. The average molecular weight is 316 g/mol. The fourth-order valence-electron chi connectivity index (χ4n) is 2.28. The van der Waals surface area contributed by atoms with Crippen LogP contribution < -0.4 is 5.32 Å². The molecule has 0 aliphatic rings. The zero-order valence-corrected chi connectivity index (χ0v) is 13.1. The highest BCUT2D eigenvalue weighted by molar-refractivity contribution is 9.10. The smallest absolute Gasteiger partial charge is 0.137 e. The SMILES string of the molecule is CCCNC(c1ccc(F)c(Br)c1)C(C)CCC. The highest BCUT2D eigenvalue weighted by Crippen LogP contribution is 2.28. The van der Waals surface area contributed by atoms with E-state index in [0.717, 1.165) is 18.5 Å². The maximum Gasteiger partial charge on any atom is 0.137 e. The predicted octanol–water partition coefficient (Wildman–Crippen LogP) is 5.07. The van der Waals surface area contributed by atoms with Crippen molar-refractivity contribution >= 4 is 15.9 Å². The van der Waals surface area contributed by atoms with Crippen LogP contribution in [-0.4, -0.2) is 6.54 Å². The Bertz CT molecular complexity index is 368. The van der Waals surface area contributed by atoms with E-state index in [-0.39, 0.29) is 5.82 Å². The summed E-state index contributed by atoms with van der Waals surface area (Å²) in [5.41, 5.74) is 1.16. The first kappa shape index (κ1) is 15.6. The van der Waals surface area contributed by atoms with E-state index in [1.807, 2.05) is 12.1 Å². The second kappa shape index (κ2) is 7.90. The Morgan fingerprint density at radius 3 is 2.56 bits per heavy atom. The summed E-state index contributed by atoms with van der Waals surface area (Å²) >= 11 is 3.27. The van der Waals surface area contributed by atoms with Crippen LogP contribution >= 0.6 is 15.9 Å². The van der Waals surface area contributed by atoms with Crippen LogP contribution in [0.15, 0.2) is 22.7 Å². The zero-order chi connectivity index (χ0) is 13.5. The molecule has 0 saturated carbocycles. The molecule has 1 nitrogen and oxygen atoms in total. The van der Waals surface area contributed by atoms with Crippen LogP contribution in [0.2, 0.25) is 0 Å². The van der Waals surface area contributed by atoms with Gasteiger partial charge in [0.1, 0.15) is 5.82 Å². The third-order valence-corrected chi connectivity index (χ3v) is 3.84. The van der Waals surface area contributed by atoms with Crippen LogP contribution in [-0.2, 0) is 0 Å². The van der Waals surface area contributed by atoms with Gasteiger partial charge in [0.05, 0.1) is 4.47 Å². The Morgan fingerprint density at radius 2 is 2.00 bits per heavy atom. The summed E-state index contributed by atoms with van der Waals surface area (Å²) in [7, 11) is 0. The number of benzene rings is 1. The van der Waals surface area contributed by atoms with Gasteiger partial charge in [-0.15, -0.1) is 0 Å². The maximum atomic E-state index is 13.3. The van der Waals surface area contributed by atoms with Crippen LogP contribution in [0.25, 0.3) is 0 Å². The van der Waals surface area contributed by atoms with Gasteiger partial charge in [-0.05, 0) is 58.9 Å². The second-order valence-corrected chi connectivity index (χ2v) is 5.73. The summed E-state index contributed by atoms with van der Waals surface area (Å²) in [6.07, 6.45) is 3.46. The van der Waals surface area contributed by atoms with Crippen molar-refractivity contribution in [2.75, 3.05) is 6.54 Å². The molecule has 18 heavy (non-hydrogen) atoms. The van der Waals surface area contributed by atoms with Crippen LogP contribution in [0.4, 0.5) is 4.39 Å². The molecule has 0 heterocycles. The van der Waals surface area contributed by atoms with Gasteiger partial charge < -0.3 is 5.32 Å². The third kappa shape index (κ3) is 4.36. The molecule has 0 aliphatic heterocycles. The Balaban J connectivity index is 2.89. The molecule has 1 aromatic carbocycles. The molecule has 0 fully saturated rings. The molecule has 102 valence electrons. The van der Waals surface area contributed by atoms with Crippen molar-refractivity contribution in [3.8, 4) is 0 Å². The van der Waals surface area contributed by atoms with Gasteiger partial charge in [0.25, 0.3) is 0 Å². The topological polar surface area (TPSA) is 12.0 Å². The van der Waals surface area contributed by atoms with E-state index in [4.69, 9.17) is 0 Å². The molecule has 1 rings (SSSR count). The lowest BCUT2D eigenvalue weighted by atomic mass is 9.91. The van der Waals surface area contributed by atoms with Crippen molar-refractivity contribution < 1.29 is 4.39 Å². The van der Waals surface area contributed by atoms with Gasteiger partial charge in [-0.2, -0.15) is 0 Å². The molecule has 2 atom stereocenters. The summed E-state index contributed by atoms with van der Waals surface area (Å²) < 4.78 is 13.8.